The highest BCUT2D eigenvalue weighted by Crippen LogP contribution is 2.12. The van der Waals surface area contributed by atoms with Crippen molar-refractivity contribution >= 4 is 0 Å². The fourth-order valence-corrected chi connectivity index (χ4v) is 1.67. The summed E-state index contributed by atoms with van der Waals surface area (Å²) < 4.78 is 5.60. The average molecular weight is 186 g/mol. The standard InChI is InChI=1S/C10H22N2O/c1-4-8(2)12-5-6-13-10(7-12)9(3)11/h8-10H,4-7,11H2,1-3H3. The van der Waals surface area contributed by atoms with E-state index in [1.165, 1.54) is 6.42 Å². The van der Waals surface area contributed by atoms with Crippen molar-refractivity contribution in [3.63, 3.8) is 0 Å². The van der Waals surface area contributed by atoms with Crippen LogP contribution in [0, 0.1) is 0 Å². The fourth-order valence-electron chi connectivity index (χ4n) is 1.67. The highest BCUT2D eigenvalue weighted by Gasteiger charge is 2.25. The minimum Gasteiger partial charge on any atom is -0.374 e. The van der Waals surface area contributed by atoms with Gasteiger partial charge < -0.3 is 10.5 Å². The molecule has 0 spiro atoms. The van der Waals surface area contributed by atoms with Crippen LogP contribution in [0.3, 0.4) is 0 Å². The van der Waals surface area contributed by atoms with E-state index in [1.807, 2.05) is 6.92 Å². The summed E-state index contributed by atoms with van der Waals surface area (Å²) in [5, 5.41) is 0. The second kappa shape index (κ2) is 4.94. The Kier molecular flexibility index (Phi) is 4.16. The van der Waals surface area contributed by atoms with Crippen LogP contribution in [0.1, 0.15) is 27.2 Å². The SMILES string of the molecule is CCC(C)N1CCOC(C(C)N)C1. The molecule has 1 aliphatic heterocycles. The van der Waals surface area contributed by atoms with Gasteiger partial charge in [-0.3, -0.25) is 4.90 Å². The third-order valence-corrected chi connectivity index (χ3v) is 2.93. The molecular weight excluding hydrogens is 164 g/mol. The topological polar surface area (TPSA) is 38.5 Å². The average Bonchev–Trinajstić information content (AvgIpc) is 2.17. The van der Waals surface area contributed by atoms with Gasteiger partial charge in [0.25, 0.3) is 0 Å². The summed E-state index contributed by atoms with van der Waals surface area (Å²) in [6, 6.07) is 0.803. The van der Waals surface area contributed by atoms with Crippen molar-refractivity contribution in [1.82, 2.24) is 4.90 Å². The Bertz CT molecular complexity index is 150. The first-order valence-corrected chi connectivity index (χ1v) is 5.26. The largest absolute Gasteiger partial charge is 0.374 e. The summed E-state index contributed by atoms with van der Waals surface area (Å²) in [5.41, 5.74) is 5.82. The number of ether oxygens (including phenoxy) is 1. The van der Waals surface area contributed by atoms with E-state index in [9.17, 15) is 0 Å². The molecule has 78 valence electrons. The van der Waals surface area contributed by atoms with Crippen LogP contribution in [-0.4, -0.2) is 42.8 Å². The maximum Gasteiger partial charge on any atom is 0.0850 e. The molecule has 2 N–H and O–H groups in total. The first-order valence-electron chi connectivity index (χ1n) is 5.26. The van der Waals surface area contributed by atoms with Crippen LogP contribution in [0.15, 0.2) is 0 Å². The number of nitrogens with two attached hydrogens (primary N) is 1. The van der Waals surface area contributed by atoms with Gasteiger partial charge in [0.1, 0.15) is 0 Å². The van der Waals surface area contributed by atoms with Crippen LogP contribution < -0.4 is 5.73 Å². The molecule has 0 radical (unpaired) electrons. The predicted molar refractivity (Wildman–Crippen MR) is 54.7 cm³/mol. The molecule has 13 heavy (non-hydrogen) atoms. The molecule has 0 aliphatic carbocycles. The van der Waals surface area contributed by atoms with Crippen LogP contribution in [0.2, 0.25) is 0 Å². The quantitative estimate of drug-likeness (QED) is 0.709. The van der Waals surface area contributed by atoms with Crippen molar-refractivity contribution < 1.29 is 4.74 Å². The van der Waals surface area contributed by atoms with E-state index in [2.05, 4.69) is 18.7 Å². The van der Waals surface area contributed by atoms with Gasteiger partial charge in [-0.05, 0) is 20.3 Å². The number of nitrogens with zero attached hydrogens (tertiary/aromatic N) is 1. The van der Waals surface area contributed by atoms with Crippen LogP contribution >= 0.6 is 0 Å². The maximum atomic E-state index is 5.82. The summed E-state index contributed by atoms with van der Waals surface area (Å²) in [4.78, 5) is 2.47. The molecule has 0 bridgehead atoms. The zero-order valence-electron chi connectivity index (χ0n) is 8.99. The number of morpholine rings is 1. The second-order valence-corrected chi connectivity index (χ2v) is 4.02. The Morgan fingerprint density at radius 1 is 1.54 bits per heavy atom. The van der Waals surface area contributed by atoms with Crippen molar-refractivity contribution in [2.24, 2.45) is 5.73 Å². The zero-order valence-corrected chi connectivity index (χ0v) is 8.99. The fraction of sp³-hybridized carbons (Fsp3) is 1.00. The molecule has 3 unspecified atom stereocenters. The van der Waals surface area contributed by atoms with Crippen molar-refractivity contribution in [1.29, 1.82) is 0 Å². The number of hydrogen-bond acceptors (Lipinski definition) is 3. The third kappa shape index (κ3) is 2.93. The van der Waals surface area contributed by atoms with Crippen LogP contribution in [-0.2, 0) is 4.74 Å². The maximum absolute atomic E-state index is 5.82. The van der Waals surface area contributed by atoms with Crippen LogP contribution in [0.4, 0.5) is 0 Å². The lowest BCUT2D eigenvalue weighted by molar-refractivity contribution is -0.0496. The van der Waals surface area contributed by atoms with Gasteiger partial charge in [0.05, 0.1) is 12.7 Å². The summed E-state index contributed by atoms with van der Waals surface area (Å²) in [6.45, 7) is 9.39. The predicted octanol–water partition coefficient (Wildman–Crippen LogP) is 0.833. The van der Waals surface area contributed by atoms with Gasteiger partial charge in [-0.25, -0.2) is 0 Å². The Morgan fingerprint density at radius 2 is 2.23 bits per heavy atom. The van der Waals surface area contributed by atoms with Crippen molar-refractivity contribution in [2.75, 3.05) is 19.7 Å². The second-order valence-electron chi connectivity index (χ2n) is 4.02. The van der Waals surface area contributed by atoms with Gasteiger partial charge in [-0.1, -0.05) is 6.92 Å². The Labute approximate surface area is 81.2 Å². The van der Waals surface area contributed by atoms with Gasteiger partial charge in [0.15, 0.2) is 0 Å². The first-order chi connectivity index (χ1) is 6.15. The van der Waals surface area contributed by atoms with Crippen LogP contribution in [0.5, 0.6) is 0 Å². The number of hydrogen-bond donors (Lipinski definition) is 1. The van der Waals surface area contributed by atoms with E-state index in [1.54, 1.807) is 0 Å². The molecule has 3 nitrogen and oxygen atoms in total. The van der Waals surface area contributed by atoms with Crippen LogP contribution in [0.25, 0.3) is 0 Å². The lowest BCUT2D eigenvalue weighted by Gasteiger charge is -2.37. The Hall–Kier alpha value is -0.120. The lowest BCUT2D eigenvalue weighted by atomic mass is 10.1. The monoisotopic (exact) mass is 186 g/mol. The van der Waals surface area contributed by atoms with Gasteiger partial charge in [0, 0.05) is 25.2 Å². The van der Waals surface area contributed by atoms with Gasteiger partial charge in [-0.2, -0.15) is 0 Å². The van der Waals surface area contributed by atoms with Gasteiger partial charge in [0.2, 0.25) is 0 Å². The highest BCUT2D eigenvalue weighted by molar-refractivity contribution is 4.79. The molecule has 0 saturated carbocycles. The van der Waals surface area contributed by atoms with Crippen molar-refractivity contribution in [2.45, 2.75) is 45.4 Å². The summed E-state index contributed by atoms with van der Waals surface area (Å²) in [6.07, 6.45) is 1.42. The summed E-state index contributed by atoms with van der Waals surface area (Å²) >= 11 is 0. The molecular formula is C10H22N2O. The molecule has 0 aromatic heterocycles. The molecule has 0 amide bonds. The lowest BCUT2D eigenvalue weighted by Crippen LogP contribution is -2.51. The van der Waals surface area contributed by atoms with E-state index >= 15 is 0 Å². The van der Waals surface area contributed by atoms with E-state index in [4.69, 9.17) is 10.5 Å². The smallest absolute Gasteiger partial charge is 0.0850 e. The van der Waals surface area contributed by atoms with E-state index < -0.39 is 0 Å². The first kappa shape index (κ1) is 11.0. The van der Waals surface area contributed by atoms with E-state index in [-0.39, 0.29) is 12.1 Å². The molecule has 3 heteroatoms. The molecule has 1 fully saturated rings. The number of rotatable bonds is 3. The summed E-state index contributed by atoms with van der Waals surface area (Å²) in [5.74, 6) is 0. The third-order valence-electron chi connectivity index (χ3n) is 2.93. The minimum absolute atomic E-state index is 0.145. The molecule has 1 heterocycles. The highest BCUT2D eigenvalue weighted by atomic mass is 16.5. The van der Waals surface area contributed by atoms with Crippen molar-refractivity contribution in [3.05, 3.63) is 0 Å². The summed E-state index contributed by atoms with van der Waals surface area (Å²) in [7, 11) is 0. The van der Waals surface area contributed by atoms with E-state index in [0.29, 0.717) is 6.04 Å². The molecule has 1 rings (SSSR count). The van der Waals surface area contributed by atoms with Gasteiger partial charge in [-0.15, -0.1) is 0 Å². The molecule has 1 saturated heterocycles. The molecule has 1 aliphatic rings. The minimum atomic E-state index is 0.145. The molecule has 3 atom stereocenters. The van der Waals surface area contributed by atoms with E-state index in [0.717, 1.165) is 19.7 Å². The van der Waals surface area contributed by atoms with Crippen molar-refractivity contribution in [3.8, 4) is 0 Å². The normalized spacial score (nSPS) is 30.0. The molecule has 0 aromatic carbocycles. The Balaban J connectivity index is 2.41. The molecule has 0 aromatic rings. The zero-order chi connectivity index (χ0) is 9.84. The Morgan fingerprint density at radius 3 is 2.77 bits per heavy atom. The van der Waals surface area contributed by atoms with Gasteiger partial charge >= 0.3 is 0 Å².